The van der Waals surface area contributed by atoms with Crippen molar-refractivity contribution >= 4 is 6.03 Å². The largest absolute Gasteiger partial charge is 0.347 e. The molecular formula is C11H18N4O. The first-order valence-corrected chi connectivity index (χ1v) is 5.76. The van der Waals surface area contributed by atoms with E-state index in [-0.39, 0.29) is 6.03 Å². The van der Waals surface area contributed by atoms with E-state index in [9.17, 15) is 4.79 Å². The third-order valence-corrected chi connectivity index (χ3v) is 2.91. The summed E-state index contributed by atoms with van der Waals surface area (Å²) in [6, 6.07) is 0.0166. The number of nitrogens with one attached hydrogen (secondary N) is 2. The molecule has 1 aliphatic rings. The van der Waals surface area contributed by atoms with E-state index < -0.39 is 0 Å². The molecule has 0 radical (unpaired) electrons. The Kier molecular flexibility index (Phi) is 3.44. The molecule has 1 fully saturated rings. The third kappa shape index (κ3) is 2.74. The van der Waals surface area contributed by atoms with Crippen molar-refractivity contribution < 1.29 is 4.79 Å². The highest BCUT2D eigenvalue weighted by Gasteiger charge is 2.20. The van der Waals surface area contributed by atoms with Gasteiger partial charge in [-0.3, -0.25) is 0 Å². The molecule has 2 heterocycles. The zero-order chi connectivity index (χ0) is 11.4. The standard InChI is InChI=1S/C11H18N4O/c1-9-3-2-6-15(8-9)11(16)14-7-10-12-4-5-13-10/h4-5,9H,2-3,6-8H2,1H3,(H,12,13)(H,14,16). The molecule has 2 amide bonds. The summed E-state index contributed by atoms with van der Waals surface area (Å²) in [5, 5.41) is 2.87. The Morgan fingerprint density at radius 3 is 3.31 bits per heavy atom. The Hall–Kier alpha value is -1.52. The number of nitrogens with zero attached hydrogens (tertiary/aromatic N) is 2. The van der Waals surface area contributed by atoms with E-state index in [1.54, 1.807) is 12.4 Å². The molecule has 2 rings (SSSR count). The molecule has 0 spiro atoms. The number of hydrogen-bond donors (Lipinski definition) is 2. The molecule has 16 heavy (non-hydrogen) atoms. The lowest BCUT2D eigenvalue weighted by molar-refractivity contribution is 0.169. The predicted octanol–water partition coefficient (Wildman–Crippen LogP) is 1.35. The van der Waals surface area contributed by atoms with Crippen LogP contribution >= 0.6 is 0 Å². The van der Waals surface area contributed by atoms with E-state index in [4.69, 9.17) is 0 Å². The van der Waals surface area contributed by atoms with Gasteiger partial charge in [-0.1, -0.05) is 6.92 Å². The van der Waals surface area contributed by atoms with Crippen LogP contribution in [-0.2, 0) is 6.54 Å². The molecule has 1 unspecified atom stereocenters. The summed E-state index contributed by atoms with van der Waals surface area (Å²) in [5.41, 5.74) is 0. The molecule has 1 aromatic rings. The molecule has 1 saturated heterocycles. The van der Waals surface area contributed by atoms with Gasteiger partial charge in [-0.2, -0.15) is 0 Å². The van der Waals surface area contributed by atoms with Crippen molar-refractivity contribution in [3.63, 3.8) is 0 Å². The van der Waals surface area contributed by atoms with Crippen LogP contribution in [0.5, 0.6) is 0 Å². The lowest BCUT2D eigenvalue weighted by atomic mass is 10.0. The number of rotatable bonds is 2. The van der Waals surface area contributed by atoms with Crippen LogP contribution in [0.1, 0.15) is 25.6 Å². The maximum absolute atomic E-state index is 11.8. The van der Waals surface area contributed by atoms with E-state index in [0.29, 0.717) is 12.5 Å². The Bertz CT molecular complexity index is 336. The van der Waals surface area contributed by atoms with Crippen molar-refractivity contribution in [2.75, 3.05) is 13.1 Å². The maximum atomic E-state index is 11.8. The summed E-state index contributed by atoms with van der Waals surface area (Å²) >= 11 is 0. The van der Waals surface area contributed by atoms with E-state index in [1.807, 2.05) is 4.90 Å². The Morgan fingerprint density at radius 2 is 2.62 bits per heavy atom. The van der Waals surface area contributed by atoms with Crippen molar-refractivity contribution in [3.8, 4) is 0 Å². The van der Waals surface area contributed by atoms with Crippen molar-refractivity contribution in [2.24, 2.45) is 5.92 Å². The summed E-state index contributed by atoms with van der Waals surface area (Å²) in [5.74, 6) is 1.40. The number of aromatic nitrogens is 2. The van der Waals surface area contributed by atoms with E-state index in [2.05, 4.69) is 22.2 Å². The van der Waals surface area contributed by atoms with Gasteiger partial charge in [0.1, 0.15) is 5.82 Å². The smallest absolute Gasteiger partial charge is 0.317 e. The summed E-state index contributed by atoms with van der Waals surface area (Å²) < 4.78 is 0. The fraction of sp³-hybridized carbons (Fsp3) is 0.636. The molecule has 0 bridgehead atoms. The number of H-pyrrole nitrogens is 1. The van der Waals surface area contributed by atoms with Crippen LogP contribution in [0, 0.1) is 5.92 Å². The van der Waals surface area contributed by atoms with Crippen LogP contribution in [0.2, 0.25) is 0 Å². The topological polar surface area (TPSA) is 61.0 Å². The molecule has 0 saturated carbocycles. The zero-order valence-electron chi connectivity index (χ0n) is 9.57. The van der Waals surface area contributed by atoms with Gasteiger partial charge < -0.3 is 15.2 Å². The second-order valence-corrected chi connectivity index (χ2v) is 4.39. The summed E-state index contributed by atoms with van der Waals surface area (Å²) in [4.78, 5) is 20.7. The Labute approximate surface area is 95.2 Å². The number of carbonyl (C=O) groups excluding carboxylic acids is 1. The average Bonchev–Trinajstić information content (AvgIpc) is 2.78. The Morgan fingerprint density at radius 1 is 1.75 bits per heavy atom. The summed E-state index contributed by atoms with van der Waals surface area (Å²) in [6.07, 6.45) is 5.77. The molecule has 5 heteroatoms. The molecule has 1 atom stereocenters. The van der Waals surface area contributed by atoms with Gasteiger partial charge in [0.15, 0.2) is 0 Å². The minimum atomic E-state index is 0.0166. The number of aromatic amines is 1. The van der Waals surface area contributed by atoms with Gasteiger partial charge in [-0.15, -0.1) is 0 Å². The van der Waals surface area contributed by atoms with E-state index in [0.717, 1.165) is 25.3 Å². The molecule has 1 aliphatic heterocycles. The molecule has 5 nitrogen and oxygen atoms in total. The van der Waals surface area contributed by atoms with Crippen LogP contribution < -0.4 is 5.32 Å². The first kappa shape index (κ1) is 11.0. The lowest BCUT2D eigenvalue weighted by Gasteiger charge is -2.30. The van der Waals surface area contributed by atoms with Gasteiger partial charge in [0.2, 0.25) is 0 Å². The number of imidazole rings is 1. The fourth-order valence-corrected chi connectivity index (χ4v) is 2.04. The second-order valence-electron chi connectivity index (χ2n) is 4.39. The minimum absolute atomic E-state index is 0.0166. The summed E-state index contributed by atoms with van der Waals surface area (Å²) in [7, 11) is 0. The monoisotopic (exact) mass is 222 g/mol. The highest BCUT2D eigenvalue weighted by molar-refractivity contribution is 5.74. The van der Waals surface area contributed by atoms with Crippen molar-refractivity contribution in [3.05, 3.63) is 18.2 Å². The van der Waals surface area contributed by atoms with E-state index in [1.165, 1.54) is 6.42 Å². The molecule has 0 aliphatic carbocycles. The average molecular weight is 222 g/mol. The van der Waals surface area contributed by atoms with Crippen molar-refractivity contribution in [1.82, 2.24) is 20.2 Å². The van der Waals surface area contributed by atoms with Gasteiger partial charge >= 0.3 is 6.03 Å². The van der Waals surface area contributed by atoms with Gasteiger partial charge in [-0.25, -0.2) is 9.78 Å². The number of urea groups is 1. The number of likely N-dealkylation sites (tertiary alicyclic amines) is 1. The first-order chi connectivity index (χ1) is 7.75. The molecular weight excluding hydrogens is 204 g/mol. The van der Waals surface area contributed by atoms with Crippen molar-refractivity contribution in [2.45, 2.75) is 26.3 Å². The summed E-state index contributed by atoms with van der Waals surface area (Å²) in [6.45, 7) is 4.39. The molecule has 0 aromatic carbocycles. The number of piperidine rings is 1. The van der Waals surface area contributed by atoms with Crippen LogP contribution in [-0.4, -0.2) is 34.0 Å². The minimum Gasteiger partial charge on any atom is -0.347 e. The van der Waals surface area contributed by atoms with Crippen molar-refractivity contribution in [1.29, 1.82) is 0 Å². The quantitative estimate of drug-likeness (QED) is 0.793. The molecule has 1 aromatic heterocycles. The van der Waals surface area contributed by atoms with Gasteiger partial charge in [0, 0.05) is 25.5 Å². The SMILES string of the molecule is CC1CCCN(C(=O)NCc2ncc[nH]2)C1. The molecule has 2 N–H and O–H groups in total. The van der Waals surface area contributed by atoms with Crippen LogP contribution in [0.4, 0.5) is 4.79 Å². The van der Waals surface area contributed by atoms with Crippen LogP contribution in [0.25, 0.3) is 0 Å². The van der Waals surface area contributed by atoms with Gasteiger partial charge in [0.25, 0.3) is 0 Å². The zero-order valence-corrected chi connectivity index (χ0v) is 9.57. The van der Waals surface area contributed by atoms with Gasteiger partial charge in [0.05, 0.1) is 6.54 Å². The predicted molar refractivity (Wildman–Crippen MR) is 60.8 cm³/mol. The number of carbonyl (C=O) groups is 1. The Balaban J connectivity index is 1.79. The van der Waals surface area contributed by atoms with Crippen LogP contribution in [0.3, 0.4) is 0 Å². The number of hydrogen-bond acceptors (Lipinski definition) is 2. The highest BCUT2D eigenvalue weighted by atomic mass is 16.2. The second kappa shape index (κ2) is 5.01. The van der Waals surface area contributed by atoms with Crippen LogP contribution in [0.15, 0.2) is 12.4 Å². The first-order valence-electron chi connectivity index (χ1n) is 5.76. The highest BCUT2D eigenvalue weighted by Crippen LogP contribution is 2.15. The lowest BCUT2D eigenvalue weighted by Crippen LogP contribution is -2.44. The van der Waals surface area contributed by atoms with E-state index >= 15 is 0 Å². The van der Waals surface area contributed by atoms with Gasteiger partial charge in [-0.05, 0) is 18.8 Å². The number of amides is 2. The molecule has 88 valence electrons. The normalized spacial score (nSPS) is 20.8. The fourth-order valence-electron chi connectivity index (χ4n) is 2.04. The third-order valence-electron chi connectivity index (χ3n) is 2.91. The maximum Gasteiger partial charge on any atom is 0.317 e.